The third kappa shape index (κ3) is 2.27. The van der Waals surface area contributed by atoms with Crippen LogP contribution in [0.1, 0.15) is 0 Å². The quantitative estimate of drug-likeness (QED) is 0.936. The molecule has 6 heteroatoms. The average molecular weight is 281 g/mol. The van der Waals surface area contributed by atoms with Crippen molar-refractivity contribution >= 4 is 21.7 Å². The summed E-state index contributed by atoms with van der Waals surface area (Å²) in [6.45, 7) is 0. The van der Waals surface area contributed by atoms with Crippen molar-refractivity contribution in [2.24, 2.45) is 0 Å². The monoisotopic (exact) mass is 280 g/mol. The van der Waals surface area contributed by atoms with Crippen LogP contribution in [0.2, 0.25) is 0 Å². The van der Waals surface area contributed by atoms with Crippen LogP contribution in [0.5, 0.6) is 11.6 Å². The SMILES string of the molecule is CNc1ncnc(Oc2cccnc2)c1Br. The van der Waals surface area contributed by atoms with Crippen molar-refractivity contribution in [3.63, 3.8) is 0 Å². The van der Waals surface area contributed by atoms with Crippen LogP contribution in [0.25, 0.3) is 0 Å². The van der Waals surface area contributed by atoms with Crippen molar-refractivity contribution in [2.45, 2.75) is 0 Å². The fourth-order valence-corrected chi connectivity index (χ4v) is 1.60. The van der Waals surface area contributed by atoms with E-state index in [9.17, 15) is 0 Å². The third-order valence-electron chi connectivity index (χ3n) is 1.84. The first-order valence-electron chi connectivity index (χ1n) is 4.57. The largest absolute Gasteiger partial charge is 0.436 e. The van der Waals surface area contributed by atoms with Gasteiger partial charge in [-0.1, -0.05) is 0 Å². The average Bonchev–Trinajstić information content (AvgIpc) is 2.33. The van der Waals surface area contributed by atoms with Gasteiger partial charge in [-0.3, -0.25) is 4.98 Å². The van der Waals surface area contributed by atoms with Gasteiger partial charge in [-0.05, 0) is 28.1 Å². The Balaban J connectivity index is 2.28. The van der Waals surface area contributed by atoms with E-state index in [1.54, 1.807) is 31.6 Å². The number of nitrogens with zero attached hydrogens (tertiary/aromatic N) is 3. The van der Waals surface area contributed by atoms with E-state index >= 15 is 0 Å². The summed E-state index contributed by atoms with van der Waals surface area (Å²) in [6, 6.07) is 3.60. The van der Waals surface area contributed by atoms with E-state index in [0.29, 0.717) is 21.9 Å². The van der Waals surface area contributed by atoms with Crippen LogP contribution in [0, 0.1) is 0 Å². The number of hydrogen-bond donors (Lipinski definition) is 1. The number of hydrogen-bond acceptors (Lipinski definition) is 5. The zero-order valence-corrected chi connectivity index (χ0v) is 10.1. The van der Waals surface area contributed by atoms with E-state index in [1.807, 2.05) is 0 Å². The fraction of sp³-hybridized carbons (Fsp3) is 0.100. The molecule has 0 spiro atoms. The Morgan fingerprint density at radius 2 is 2.25 bits per heavy atom. The molecule has 2 heterocycles. The molecule has 2 rings (SSSR count). The van der Waals surface area contributed by atoms with Gasteiger partial charge in [0.25, 0.3) is 0 Å². The molecule has 0 aliphatic rings. The lowest BCUT2D eigenvalue weighted by Gasteiger charge is -2.08. The Hall–Kier alpha value is -1.69. The van der Waals surface area contributed by atoms with Gasteiger partial charge in [0.15, 0.2) is 0 Å². The van der Waals surface area contributed by atoms with E-state index in [2.05, 4.69) is 36.2 Å². The van der Waals surface area contributed by atoms with Gasteiger partial charge in [0.05, 0.1) is 6.20 Å². The molecular weight excluding hydrogens is 272 g/mol. The molecule has 82 valence electrons. The molecular formula is C10H9BrN4O. The summed E-state index contributed by atoms with van der Waals surface area (Å²) in [7, 11) is 1.78. The second-order valence-electron chi connectivity index (χ2n) is 2.88. The number of ether oxygens (including phenoxy) is 1. The molecule has 0 fully saturated rings. The van der Waals surface area contributed by atoms with Crippen LogP contribution in [0.15, 0.2) is 35.3 Å². The molecule has 2 aromatic rings. The minimum atomic E-state index is 0.451. The predicted octanol–water partition coefficient (Wildman–Crippen LogP) is 2.47. The highest BCUT2D eigenvalue weighted by Crippen LogP contribution is 2.30. The Morgan fingerprint density at radius 1 is 1.38 bits per heavy atom. The van der Waals surface area contributed by atoms with Gasteiger partial charge in [0.1, 0.15) is 22.4 Å². The number of nitrogens with one attached hydrogen (secondary N) is 1. The smallest absolute Gasteiger partial charge is 0.238 e. The summed E-state index contributed by atoms with van der Waals surface area (Å²) in [5, 5.41) is 2.93. The predicted molar refractivity (Wildman–Crippen MR) is 63.6 cm³/mol. The van der Waals surface area contributed by atoms with E-state index in [1.165, 1.54) is 6.33 Å². The summed E-state index contributed by atoms with van der Waals surface area (Å²) >= 11 is 3.37. The highest BCUT2D eigenvalue weighted by Gasteiger charge is 2.09. The summed E-state index contributed by atoms with van der Waals surface area (Å²) in [5.74, 6) is 1.75. The van der Waals surface area contributed by atoms with Crippen molar-refractivity contribution in [2.75, 3.05) is 12.4 Å². The third-order valence-corrected chi connectivity index (χ3v) is 2.56. The molecule has 1 N–H and O–H groups in total. The summed E-state index contributed by atoms with van der Waals surface area (Å²) in [5.41, 5.74) is 0. The van der Waals surface area contributed by atoms with Gasteiger partial charge in [-0.25, -0.2) is 9.97 Å². The molecule has 5 nitrogen and oxygen atoms in total. The van der Waals surface area contributed by atoms with Gasteiger partial charge in [0, 0.05) is 13.2 Å². The molecule has 0 aliphatic carbocycles. The Bertz CT molecular complexity index is 478. The highest BCUT2D eigenvalue weighted by atomic mass is 79.9. The van der Waals surface area contributed by atoms with Gasteiger partial charge in [-0.15, -0.1) is 0 Å². The maximum absolute atomic E-state index is 5.55. The lowest BCUT2D eigenvalue weighted by Crippen LogP contribution is -1.97. The number of pyridine rings is 1. The molecule has 0 saturated heterocycles. The normalized spacial score (nSPS) is 9.88. The Labute approximate surface area is 101 Å². The van der Waals surface area contributed by atoms with Crippen LogP contribution < -0.4 is 10.1 Å². The lowest BCUT2D eigenvalue weighted by molar-refractivity contribution is 0.456. The molecule has 0 amide bonds. The number of halogens is 1. The molecule has 16 heavy (non-hydrogen) atoms. The fourth-order valence-electron chi connectivity index (χ4n) is 1.12. The van der Waals surface area contributed by atoms with E-state index < -0.39 is 0 Å². The van der Waals surface area contributed by atoms with Crippen molar-refractivity contribution in [3.8, 4) is 11.6 Å². The van der Waals surface area contributed by atoms with Crippen molar-refractivity contribution < 1.29 is 4.74 Å². The second-order valence-corrected chi connectivity index (χ2v) is 3.68. The van der Waals surface area contributed by atoms with Gasteiger partial charge >= 0.3 is 0 Å². The van der Waals surface area contributed by atoms with Crippen LogP contribution in [0.3, 0.4) is 0 Å². The first kappa shape index (κ1) is 10.8. The van der Waals surface area contributed by atoms with Crippen LogP contribution >= 0.6 is 15.9 Å². The van der Waals surface area contributed by atoms with Gasteiger partial charge in [-0.2, -0.15) is 0 Å². The zero-order valence-electron chi connectivity index (χ0n) is 8.51. The molecule has 2 aromatic heterocycles. The summed E-state index contributed by atoms with van der Waals surface area (Å²) in [6.07, 6.45) is 4.73. The van der Waals surface area contributed by atoms with E-state index in [-0.39, 0.29) is 0 Å². The van der Waals surface area contributed by atoms with Crippen LogP contribution in [-0.2, 0) is 0 Å². The molecule has 0 atom stereocenters. The summed E-state index contributed by atoms with van der Waals surface area (Å²) in [4.78, 5) is 12.0. The molecule has 0 aromatic carbocycles. The highest BCUT2D eigenvalue weighted by molar-refractivity contribution is 9.10. The lowest BCUT2D eigenvalue weighted by atomic mass is 10.4. The molecule has 0 unspecified atom stereocenters. The number of rotatable bonds is 3. The van der Waals surface area contributed by atoms with E-state index in [0.717, 1.165) is 0 Å². The molecule has 0 saturated carbocycles. The van der Waals surface area contributed by atoms with Gasteiger partial charge < -0.3 is 10.1 Å². The number of aromatic nitrogens is 3. The first-order chi connectivity index (χ1) is 7.81. The van der Waals surface area contributed by atoms with Crippen LogP contribution in [0.4, 0.5) is 5.82 Å². The molecule has 0 radical (unpaired) electrons. The van der Waals surface area contributed by atoms with Crippen molar-refractivity contribution in [1.29, 1.82) is 0 Å². The van der Waals surface area contributed by atoms with Gasteiger partial charge in [0.2, 0.25) is 5.88 Å². The molecule has 0 aliphatic heterocycles. The number of anilines is 1. The first-order valence-corrected chi connectivity index (χ1v) is 5.36. The minimum absolute atomic E-state index is 0.451. The zero-order chi connectivity index (χ0) is 11.4. The van der Waals surface area contributed by atoms with E-state index in [4.69, 9.17) is 4.74 Å². The van der Waals surface area contributed by atoms with Crippen molar-refractivity contribution in [3.05, 3.63) is 35.3 Å². The standard InChI is InChI=1S/C10H9BrN4O/c1-12-9-8(11)10(15-6-14-9)16-7-3-2-4-13-5-7/h2-6H,1H3,(H,12,14,15). The molecule has 0 bridgehead atoms. The second kappa shape index (κ2) is 4.89. The maximum atomic E-state index is 5.55. The Kier molecular flexibility index (Phi) is 3.31. The topological polar surface area (TPSA) is 59.9 Å². The Morgan fingerprint density at radius 3 is 2.94 bits per heavy atom. The van der Waals surface area contributed by atoms with Crippen LogP contribution in [-0.4, -0.2) is 22.0 Å². The minimum Gasteiger partial charge on any atom is -0.436 e. The summed E-state index contributed by atoms with van der Waals surface area (Å²) < 4.78 is 6.23. The van der Waals surface area contributed by atoms with Crippen molar-refractivity contribution in [1.82, 2.24) is 15.0 Å². The maximum Gasteiger partial charge on any atom is 0.238 e.